The highest BCUT2D eigenvalue weighted by molar-refractivity contribution is 7.99. The second-order valence-corrected chi connectivity index (χ2v) is 6.93. The van der Waals surface area contributed by atoms with Crippen molar-refractivity contribution in [3.8, 4) is 0 Å². The minimum absolute atomic E-state index is 0.0839. The van der Waals surface area contributed by atoms with Gasteiger partial charge in [-0.1, -0.05) is 18.2 Å². The Morgan fingerprint density at radius 2 is 2.04 bits per heavy atom. The lowest BCUT2D eigenvalue weighted by molar-refractivity contribution is -0.119. The molecule has 0 saturated heterocycles. The molecule has 1 aliphatic rings. The van der Waals surface area contributed by atoms with Crippen molar-refractivity contribution in [2.45, 2.75) is 18.2 Å². The number of rotatable bonds is 4. The van der Waals surface area contributed by atoms with Gasteiger partial charge in [0.2, 0.25) is 5.91 Å². The van der Waals surface area contributed by atoms with Crippen LogP contribution in [0.15, 0.2) is 47.4 Å². The number of hydrogen-bond acceptors (Lipinski definition) is 5. The number of ether oxygens (including phenoxy) is 1. The average molecular weight is 370 g/mol. The number of aryl methyl sites for hydroxylation is 1. The lowest BCUT2D eigenvalue weighted by Crippen LogP contribution is -2.21. The summed E-state index contributed by atoms with van der Waals surface area (Å²) in [4.78, 5) is 36.7. The molecule has 2 aromatic carbocycles. The number of carbonyl (C=O) groups excluding carboxylic acids is 3. The van der Waals surface area contributed by atoms with Gasteiger partial charge in [0.15, 0.2) is 6.61 Å². The van der Waals surface area contributed by atoms with E-state index in [1.165, 1.54) is 0 Å². The molecular formula is C19H18N2O4S. The van der Waals surface area contributed by atoms with Gasteiger partial charge in [-0.05, 0) is 36.8 Å². The van der Waals surface area contributed by atoms with Crippen LogP contribution < -0.4 is 10.6 Å². The topological polar surface area (TPSA) is 84.5 Å². The van der Waals surface area contributed by atoms with E-state index in [2.05, 4.69) is 10.6 Å². The summed E-state index contributed by atoms with van der Waals surface area (Å²) < 4.78 is 5.08. The number of hydrogen-bond donors (Lipinski definition) is 2. The maximum absolute atomic E-state index is 12.2. The average Bonchev–Trinajstić information content (AvgIpc) is 2.81. The van der Waals surface area contributed by atoms with Crippen LogP contribution in [0, 0.1) is 6.92 Å². The third-order valence-corrected chi connectivity index (χ3v) is 4.90. The van der Waals surface area contributed by atoms with E-state index < -0.39 is 11.9 Å². The number of benzene rings is 2. The lowest BCUT2D eigenvalue weighted by Gasteiger charge is -2.10. The van der Waals surface area contributed by atoms with Crippen molar-refractivity contribution in [1.29, 1.82) is 0 Å². The van der Waals surface area contributed by atoms with Gasteiger partial charge in [-0.15, -0.1) is 11.8 Å². The Bertz CT molecular complexity index is 866. The summed E-state index contributed by atoms with van der Waals surface area (Å²) in [5.41, 5.74) is 2.48. The first-order valence-corrected chi connectivity index (χ1v) is 9.11. The van der Waals surface area contributed by atoms with Gasteiger partial charge in [0.05, 0.1) is 11.3 Å². The second kappa shape index (κ2) is 8.05. The predicted molar refractivity (Wildman–Crippen MR) is 101 cm³/mol. The summed E-state index contributed by atoms with van der Waals surface area (Å²) in [7, 11) is 0. The number of amides is 2. The number of nitrogens with one attached hydrogen (secondary N) is 2. The SMILES string of the molecule is Cc1ccccc1NC(=O)COC(=O)c1ccc2c(c1)NC(=O)CCS2. The summed E-state index contributed by atoms with van der Waals surface area (Å²) in [6.45, 7) is 1.50. The first-order valence-electron chi connectivity index (χ1n) is 8.12. The quantitative estimate of drug-likeness (QED) is 0.807. The van der Waals surface area contributed by atoms with Crippen LogP contribution in [0.2, 0.25) is 0 Å². The molecule has 0 fully saturated rings. The van der Waals surface area contributed by atoms with Crippen molar-refractivity contribution in [2.75, 3.05) is 23.0 Å². The molecule has 0 spiro atoms. The van der Waals surface area contributed by atoms with Gasteiger partial charge < -0.3 is 15.4 Å². The Kier molecular flexibility index (Phi) is 5.58. The van der Waals surface area contributed by atoms with Crippen molar-refractivity contribution >= 4 is 40.9 Å². The molecule has 6 nitrogen and oxygen atoms in total. The summed E-state index contributed by atoms with van der Waals surface area (Å²) in [5.74, 6) is -0.413. The highest BCUT2D eigenvalue weighted by Crippen LogP contribution is 2.31. The van der Waals surface area contributed by atoms with Crippen molar-refractivity contribution in [3.63, 3.8) is 0 Å². The van der Waals surface area contributed by atoms with Crippen molar-refractivity contribution in [3.05, 3.63) is 53.6 Å². The van der Waals surface area contributed by atoms with Crippen molar-refractivity contribution < 1.29 is 19.1 Å². The molecule has 0 bridgehead atoms. The molecule has 0 saturated carbocycles. The summed E-state index contributed by atoms with van der Waals surface area (Å²) in [6, 6.07) is 12.3. The van der Waals surface area contributed by atoms with Gasteiger partial charge >= 0.3 is 5.97 Å². The first-order chi connectivity index (χ1) is 12.5. The third-order valence-electron chi connectivity index (χ3n) is 3.83. The van der Waals surface area contributed by atoms with E-state index in [1.807, 2.05) is 25.1 Å². The fraction of sp³-hybridized carbons (Fsp3) is 0.211. The van der Waals surface area contributed by atoms with E-state index in [1.54, 1.807) is 36.0 Å². The van der Waals surface area contributed by atoms with Crippen LogP contribution in [0.4, 0.5) is 11.4 Å². The predicted octanol–water partition coefficient (Wildman–Crippen LogP) is 3.22. The number of anilines is 2. The van der Waals surface area contributed by atoms with Crippen LogP contribution in [0.5, 0.6) is 0 Å². The number of thioether (sulfide) groups is 1. The molecule has 1 heterocycles. The van der Waals surface area contributed by atoms with Crippen LogP contribution in [0.3, 0.4) is 0 Å². The van der Waals surface area contributed by atoms with E-state index in [0.29, 0.717) is 23.5 Å². The van der Waals surface area contributed by atoms with E-state index in [0.717, 1.165) is 10.5 Å². The fourth-order valence-corrected chi connectivity index (χ4v) is 3.40. The smallest absolute Gasteiger partial charge is 0.338 e. The highest BCUT2D eigenvalue weighted by atomic mass is 32.2. The van der Waals surface area contributed by atoms with Crippen LogP contribution in [0.25, 0.3) is 0 Å². The van der Waals surface area contributed by atoms with Gasteiger partial charge in [0.1, 0.15) is 0 Å². The van der Waals surface area contributed by atoms with Crippen LogP contribution >= 0.6 is 11.8 Å². The van der Waals surface area contributed by atoms with E-state index >= 15 is 0 Å². The molecule has 134 valence electrons. The molecule has 0 atom stereocenters. The van der Waals surface area contributed by atoms with Gasteiger partial charge in [-0.2, -0.15) is 0 Å². The number of carbonyl (C=O) groups is 3. The standard InChI is InChI=1S/C19H18N2O4S/c1-12-4-2-3-5-14(12)20-18(23)11-25-19(24)13-6-7-16-15(10-13)21-17(22)8-9-26-16/h2-7,10H,8-9,11H2,1H3,(H,20,23)(H,21,22). The van der Waals surface area contributed by atoms with Gasteiger partial charge in [0, 0.05) is 22.8 Å². The van der Waals surface area contributed by atoms with Crippen LogP contribution in [0.1, 0.15) is 22.3 Å². The Labute approximate surface area is 155 Å². The Morgan fingerprint density at radius 1 is 1.23 bits per heavy atom. The first kappa shape index (κ1) is 18.0. The molecule has 0 unspecified atom stereocenters. The van der Waals surface area contributed by atoms with Crippen molar-refractivity contribution in [2.24, 2.45) is 0 Å². The molecule has 0 aromatic heterocycles. The molecule has 0 aliphatic carbocycles. The minimum Gasteiger partial charge on any atom is -0.452 e. The van der Waals surface area contributed by atoms with E-state index in [4.69, 9.17) is 4.74 Å². The number of esters is 1. The second-order valence-electron chi connectivity index (χ2n) is 5.80. The molecule has 2 N–H and O–H groups in total. The third kappa shape index (κ3) is 4.43. The van der Waals surface area contributed by atoms with Gasteiger partial charge in [-0.25, -0.2) is 4.79 Å². The molecule has 26 heavy (non-hydrogen) atoms. The zero-order valence-corrected chi connectivity index (χ0v) is 15.0. The van der Waals surface area contributed by atoms with E-state index in [-0.39, 0.29) is 18.1 Å². The molecule has 0 radical (unpaired) electrons. The van der Waals surface area contributed by atoms with Gasteiger partial charge in [0.25, 0.3) is 5.91 Å². The molecule has 2 amide bonds. The largest absolute Gasteiger partial charge is 0.452 e. The number of fused-ring (bicyclic) bond motifs is 1. The van der Waals surface area contributed by atoms with Crippen molar-refractivity contribution in [1.82, 2.24) is 0 Å². The molecule has 7 heteroatoms. The maximum atomic E-state index is 12.2. The summed E-state index contributed by atoms with van der Waals surface area (Å²) in [6.07, 6.45) is 0.429. The Balaban J connectivity index is 1.61. The molecule has 2 aromatic rings. The summed E-state index contributed by atoms with van der Waals surface area (Å²) in [5, 5.41) is 5.48. The highest BCUT2D eigenvalue weighted by Gasteiger charge is 2.17. The summed E-state index contributed by atoms with van der Waals surface area (Å²) >= 11 is 1.55. The normalized spacial score (nSPS) is 13.2. The lowest BCUT2D eigenvalue weighted by atomic mass is 10.2. The maximum Gasteiger partial charge on any atom is 0.338 e. The molecular weight excluding hydrogens is 352 g/mol. The van der Waals surface area contributed by atoms with Crippen LogP contribution in [-0.2, 0) is 14.3 Å². The monoisotopic (exact) mass is 370 g/mol. The fourth-order valence-electron chi connectivity index (χ4n) is 2.46. The van der Waals surface area contributed by atoms with Gasteiger partial charge in [-0.3, -0.25) is 9.59 Å². The number of para-hydroxylation sites is 1. The molecule has 3 rings (SSSR count). The zero-order valence-electron chi connectivity index (χ0n) is 14.2. The van der Waals surface area contributed by atoms with Crippen LogP contribution in [-0.4, -0.2) is 30.1 Å². The Hall–Kier alpha value is -2.80. The van der Waals surface area contributed by atoms with E-state index in [9.17, 15) is 14.4 Å². The zero-order chi connectivity index (χ0) is 18.5. The minimum atomic E-state index is -0.615. The molecule has 1 aliphatic heterocycles. The Morgan fingerprint density at radius 3 is 2.85 bits per heavy atom.